The molecule has 1 atom stereocenters. The zero-order valence-corrected chi connectivity index (χ0v) is 27.1. The minimum Gasteiger partial charge on any atom is -0.484 e. The molecule has 0 unspecified atom stereocenters. The molecule has 0 aliphatic rings. The molecule has 2 N–H and O–H groups in total. The van der Waals surface area contributed by atoms with Crippen molar-refractivity contribution in [2.45, 2.75) is 50.1 Å². The first-order valence-corrected chi connectivity index (χ1v) is 16.9. The minimum absolute atomic E-state index is 0.0393. The van der Waals surface area contributed by atoms with Crippen LogP contribution in [-0.4, -0.2) is 44.3 Å². The monoisotopic (exact) mass is 665 g/mol. The van der Waals surface area contributed by atoms with Crippen LogP contribution in [0.4, 0.5) is 10.1 Å². The van der Waals surface area contributed by atoms with E-state index < -0.39 is 27.8 Å². The number of anilines is 1. The lowest BCUT2D eigenvalue weighted by atomic mass is 10.0. The van der Waals surface area contributed by atoms with Gasteiger partial charge in [-0.1, -0.05) is 73.8 Å². The van der Waals surface area contributed by atoms with Gasteiger partial charge in [-0.05, 0) is 78.2 Å². The van der Waals surface area contributed by atoms with E-state index in [1.54, 1.807) is 24.3 Å². The lowest BCUT2D eigenvalue weighted by Gasteiger charge is -2.31. The van der Waals surface area contributed by atoms with Crippen LogP contribution in [0.2, 0.25) is 5.02 Å². The number of ether oxygens (including phenoxy) is 1. The zero-order valence-electron chi connectivity index (χ0n) is 25.5. The van der Waals surface area contributed by atoms with Crippen molar-refractivity contribution in [1.29, 1.82) is 0 Å². The Kier molecular flexibility index (Phi) is 12.6. The number of hydrogen-bond acceptors (Lipinski definition) is 5. The highest BCUT2D eigenvalue weighted by Crippen LogP contribution is 2.21. The van der Waals surface area contributed by atoms with Crippen molar-refractivity contribution in [3.05, 3.63) is 125 Å². The van der Waals surface area contributed by atoms with Gasteiger partial charge in [-0.3, -0.25) is 14.3 Å². The maximum absolute atomic E-state index is 13.8. The van der Waals surface area contributed by atoms with Gasteiger partial charge in [-0.15, -0.1) is 0 Å². The normalized spacial score (nSPS) is 11.8. The van der Waals surface area contributed by atoms with Crippen molar-refractivity contribution >= 4 is 39.1 Å². The van der Waals surface area contributed by atoms with E-state index in [1.165, 1.54) is 41.3 Å². The lowest BCUT2D eigenvalue weighted by Crippen LogP contribution is -2.51. The molecule has 46 heavy (non-hydrogen) atoms. The molecule has 0 aromatic heterocycles. The molecule has 0 fully saturated rings. The topological polar surface area (TPSA) is 105 Å². The minimum atomic E-state index is -3.94. The van der Waals surface area contributed by atoms with Crippen molar-refractivity contribution in [2.24, 2.45) is 0 Å². The standard InChI is InChI=1S/C35H37ClFN3O5S/c1-2-3-7-22-38-35(42)33(23-26-8-5-4-6-9-26)40(24-27-10-12-28(36)13-11-27)34(41)25-45-31-18-20-32(21-19-31)46(43,44)39-30-16-14-29(37)15-17-30/h4-6,8-21,33,39H,2-3,7,22-25H2,1H3,(H,38,42)/t33-/m0/s1. The van der Waals surface area contributed by atoms with E-state index in [9.17, 15) is 22.4 Å². The summed E-state index contributed by atoms with van der Waals surface area (Å²) >= 11 is 6.10. The Balaban J connectivity index is 1.52. The Morgan fingerprint density at radius 3 is 2.20 bits per heavy atom. The van der Waals surface area contributed by atoms with Crippen molar-refractivity contribution in [1.82, 2.24) is 10.2 Å². The van der Waals surface area contributed by atoms with Crippen LogP contribution in [0.25, 0.3) is 0 Å². The van der Waals surface area contributed by atoms with Gasteiger partial charge in [0.25, 0.3) is 15.9 Å². The summed E-state index contributed by atoms with van der Waals surface area (Å²) in [6, 6.07) is 26.3. The summed E-state index contributed by atoms with van der Waals surface area (Å²) in [6.45, 7) is 2.35. The van der Waals surface area contributed by atoms with E-state index in [0.717, 1.165) is 42.5 Å². The number of carbonyl (C=O) groups is 2. The van der Waals surface area contributed by atoms with Crippen molar-refractivity contribution in [2.75, 3.05) is 17.9 Å². The van der Waals surface area contributed by atoms with Crippen LogP contribution in [0.5, 0.6) is 5.75 Å². The van der Waals surface area contributed by atoms with Crippen LogP contribution < -0.4 is 14.8 Å². The predicted molar refractivity (Wildman–Crippen MR) is 178 cm³/mol. The summed E-state index contributed by atoms with van der Waals surface area (Å²) in [4.78, 5) is 28.9. The molecular weight excluding hydrogens is 629 g/mol. The molecule has 0 aliphatic carbocycles. The highest BCUT2D eigenvalue weighted by Gasteiger charge is 2.30. The largest absolute Gasteiger partial charge is 0.484 e. The molecule has 0 radical (unpaired) electrons. The second-order valence-corrected chi connectivity index (χ2v) is 12.8. The van der Waals surface area contributed by atoms with E-state index in [4.69, 9.17) is 16.3 Å². The third kappa shape index (κ3) is 10.3. The van der Waals surface area contributed by atoms with Gasteiger partial charge in [0.2, 0.25) is 5.91 Å². The summed E-state index contributed by atoms with van der Waals surface area (Å²) in [5, 5.41) is 3.56. The number of halogens is 2. The van der Waals surface area contributed by atoms with E-state index in [1.807, 2.05) is 30.3 Å². The number of rotatable bonds is 16. The molecule has 11 heteroatoms. The van der Waals surface area contributed by atoms with Crippen molar-refractivity contribution in [3.63, 3.8) is 0 Å². The summed E-state index contributed by atoms with van der Waals surface area (Å²) in [7, 11) is -3.94. The van der Waals surface area contributed by atoms with Crippen LogP contribution in [-0.2, 0) is 32.6 Å². The Bertz CT molecular complexity index is 1670. The Morgan fingerprint density at radius 2 is 1.54 bits per heavy atom. The summed E-state index contributed by atoms with van der Waals surface area (Å²) in [5.74, 6) is -0.895. The van der Waals surface area contributed by atoms with Crippen LogP contribution >= 0.6 is 11.6 Å². The number of nitrogens with zero attached hydrogens (tertiary/aromatic N) is 1. The Morgan fingerprint density at radius 1 is 0.870 bits per heavy atom. The molecule has 4 rings (SSSR count). The number of unbranched alkanes of at least 4 members (excludes halogenated alkanes) is 2. The SMILES string of the molecule is CCCCCNC(=O)[C@H](Cc1ccccc1)N(Cc1ccc(Cl)cc1)C(=O)COc1ccc(S(=O)(=O)Nc2ccc(F)cc2)cc1. The fourth-order valence-corrected chi connectivity index (χ4v) is 5.90. The molecule has 0 saturated carbocycles. The molecule has 0 aliphatic heterocycles. The molecule has 4 aromatic rings. The smallest absolute Gasteiger partial charge is 0.261 e. The summed E-state index contributed by atoms with van der Waals surface area (Å²) in [6.07, 6.45) is 3.12. The first-order chi connectivity index (χ1) is 22.1. The van der Waals surface area contributed by atoms with Crippen molar-refractivity contribution in [3.8, 4) is 5.75 Å². The highest BCUT2D eigenvalue weighted by atomic mass is 35.5. The second-order valence-electron chi connectivity index (χ2n) is 10.7. The van der Waals surface area contributed by atoms with Gasteiger partial charge in [0.1, 0.15) is 17.6 Å². The summed E-state index contributed by atoms with van der Waals surface area (Å²) in [5.41, 5.74) is 1.91. The van der Waals surface area contributed by atoms with E-state index in [2.05, 4.69) is 17.0 Å². The molecule has 0 spiro atoms. The summed E-state index contributed by atoms with van der Waals surface area (Å²) < 4.78 is 47.0. The second kappa shape index (κ2) is 16.8. The fourth-order valence-electron chi connectivity index (χ4n) is 4.72. The zero-order chi connectivity index (χ0) is 32.9. The number of amides is 2. The average molecular weight is 666 g/mol. The van der Waals surface area contributed by atoms with Crippen molar-refractivity contribution < 1.29 is 27.1 Å². The van der Waals surface area contributed by atoms with E-state index in [0.29, 0.717) is 18.0 Å². The number of benzene rings is 4. The van der Waals surface area contributed by atoms with Gasteiger partial charge in [-0.2, -0.15) is 0 Å². The molecule has 242 valence electrons. The third-order valence-corrected chi connectivity index (χ3v) is 8.86. The number of sulfonamides is 1. The van der Waals surface area contributed by atoms with Gasteiger partial charge < -0.3 is 15.0 Å². The molecule has 2 amide bonds. The fraction of sp³-hybridized carbons (Fsp3) is 0.257. The van der Waals surface area contributed by atoms with Crippen LogP contribution in [0.15, 0.2) is 108 Å². The number of hydrogen-bond donors (Lipinski definition) is 2. The maximum atomic E-state index is 13.8. The molecular formula is C35H37ClFN3O5S. The maximum Gasteiger partial charge on any atom is 0.261 e. The van der Waals surface area contributed by atoms with Gasteiger partial charge in [0.05, 0.1) is 4.90 Å². The van der Waals surface area contributed by atoms with Gasteiger partial charge in [-0.25, -0.2) is 12.8 Å². The van der Waals surface area contributed by atoms with E-state index >= 15 is 0 Å². The molecule has 0 bridgehead atoms. The number of nitrogens with one attached hydrogen (secondary N) is 2. The number of carbonyl (C=O) groups excluding carboxylic acids is 2. The van der Waals surface area contributed by atoms with Gasteiger partial charge >= 0.3 is 0 Å². The average Bonchev–Trinajstić information content (AvgIpc) is 3.06. The third-order valence-electron chi connectivity index (χ3n) is 7.21. The van der Waals surface area contributed by atoms with E-state index in [-0.39, 0.29) is 35.4 Å². The first-order valence-electron chi connectivity index (χ1n) is 15.0. The van der Waals surface area contributed by atoms with Crippen LogP contribution in [0, 0.1) is 5.82 Å². The van der Waals surface area contributed by atoms with Crippen LogP contribution in [0.1, 0.15) is 37.3 Å². The molecule has 0 saturated heterocycles. The van der Waals surface area contributed by atoms with Gasteiger partial charge in [0, 0.05) is 30.2 Å². The quantitative estimate of drug-likeness (QED) is 0.131. The molecule has 8 nitrogen and oxygen atoms in total. The Labute approximate surface area is 274 Å². The Hall–Kier alpha value is -4.41. The molecule has 4 aromatic carbocycles. The highest BCUT2D eigenvalue weighted by molar-refractivity contribution is 7.92. The van der Waals surface area contributed by atoms with Crippen LogP contribution in [0.3, 0.4) is 0 Å². The first kappa shape index (κ1) is 34.5. The lowest BCUT2D eigenvalue weighted by molar-refractivity contribution is -0.142. The molecule has 0 heterocycles. The predicted octanol–water partition coefficient (Wildman–Crippen LogP) is 6.61. The van der Waals surface area contributed by atoms with Gasteiger partial charge in [0.15, 0.2) is 6.61 Å².